The lowest BCUT2D eigenvalue weighted by Crippen LogP contribution is -2.57. The second kappa shape index (κ2) is 9.72. The van der Waals surface area contributed by atoms with Crippen LogP contribution in [-0.4, -0.2) is 52.3 Å². The predicted octanol–water partition coefficient (Wildman–Crippen LogP) is 0.411. The van der Waals surface area contributed by atoms with Crippen LogP contribution < -0.4 is 16.4 Å². The number of rotatable bonds is 9. The molecule has 0 aromatic rings. The lowest BCUT2D eigenvalue weighted by Gasteiger charge is -2.26. The van der Waals surface area contributed by atoms with Gasteiger partial charge in [-0.05, 0) is 18.3 Å². The average Bonchev–Trinajstić information content (AvgIpc) is 2.95. The number of hydrogen-bond acceptors (Lipinski definition) is 6. The summed E-state index contributed by atoms with van der Waals surface area (Å²) in [6.07, 6.45) is -0.493. The summed E-state index contributed by atoms with van der Waals surface area (Å²) in [7, 11) is 0. The topological polar surface area (TPSA) is 143 Å². The molecule has 0 radical (unpaired) electrons. The van der Waals surface area contributed by atoms with Crippen LogP contribution in [0, 0.1) is 11.8 Å². The number of halogens is 1. The molecule has 10 heteroatoms. The molecule has 0 aliphatic carbocycles. The van der Waals surface area contributed by atoms with Gasteiger partial charge < -0.3 is 26.3 Å². The van der Waals surface area contributed by atoms with E-state index in [2.05, 4.69) is 15.8 Å². The Labute approximate surface area is 157 Å². The molecule has 2 unspecified atom stereocenters. The molecular formula is C16H27ClN4O5. The number of oxime groups is 1. The van der Waals surface area contributed by atoms with Crippen molar-refractivity contribution in [3.8, 4) is 0 Å². The van der Waals surface area contributed by atoms with E-state index in [1.807, 2.05) is 13.8 Å². The van der Waals surface area contributed by atoms with Crippen molar-refractivity contribution in [2.24, 2.45) is 22.7 Å². The smallest absolute Gasteiger partial charge is 0.330 e. The molecule has 0 spiro atoms. The first-order valence-electron chi connectivity index (χ1n) is 8.50. The second-order valence-electron chi connectivity index (χ2n) is 7.10. The van der Waals surface area contributed by atoms with Gasteiger partial charge in [-0.25, -0.2) is 4.79 Å². The summed E-state index contributed by atoms with van der Waals surface area (Å²) in [5.74, 6) is -2.38. The van der Waals surface area contributed by atoms with Crippen LogP contribution in [0.3, 0.4) is 0 Å². The molecule has 1 aliphatic rings. The molecular weight excluding hydrogens is 364 g/mol. The van der Waals surface area contributed by atoms with E-state index in [9.17, 15) is 19.5 Å². The highest BCUT2D eigenvalue weighted by molar-refractivity contribution is 6.65. The molecule has 0 bridgehead atoms. The van der Waals surface area contributed by atoms with E-state index in [4.69, 9.17) is 22.2 Å². The van der Waals surface area contributed by atoms with E-state index in [0.29, 0.717) is 6.42 Å². The van der Waals surface area contributed by atoms with Crippen LogP contribution >= 0.6 is 11.6 Å². The van der Waals surface area contributed by atoms with Crippen molar-refractivity contribution in [1.29, 1.82) is 0 Å². The molecule has 0 aromatic carbocycles. The zero-order valence-corrected chi connectivity index (χ0v) is 16.1. The predicted molar refractivity (Wildman–Crippen MR) is 96.5 cm³/mol. The molecule has 9 nitrogen and oxygen atoms in total. The number of nitrogens with one attached hydrogen (secondary N) is 2. The van der Waals surface area contributed by atoms with Gasteiger partial charge in [0.1, 0.15) is 11.2 Å². The van der Waals surface area contributed by atoms with Gasteiger partial charge in [-0.1, -0.05) is 44.5 Å². The number of aliphatic carboxylic acids is 1. The van der Waals surface area contributed by atoms with E-state index >= 15 is 0 Å². The summed E-state index contributed by atoms with van der Waals surface area (Å²) in [4.78, 5) is 41.3. The largest absolute Gasteiger partial charge is 0.480 e. The lowest BCUT2D eigenvalue weighted by atomic mass is 10.00. The Morgan fingerprint density at radius 2 is 1.88 bits per heavy atom. The van der Waals surface area contributed by atoms with Crippen molar-refractivity contribution in [2.45, 2.75) is 64.8 Å². The van der Waals surface area contributed by atoms with Crippen molar-refractivity contribution >= 4 is 34.6 Å². The van der Waals surface area contributed by atoms with Gasteiger partial charge >= 0.3 is 5.97 Å². The maximum absolute atomic E-state index is 12.6. The molecule has 4 atom stereocenters. The number of nitrogens with zero attached hydrogens (tertiary/aromatic N) is 1. The van der Waals surface area contributed by atoms with Crippen LogP contribution in [0.1, 0.15) is 40.5 Å². The molecule has 2 amide bonds. The quantitative estimate of drug-likeness (QED) is 0.449. The summed E-state index contributed by atoms with van der Waals surface area (Å²) < 4.78 is 0. The van der Waals surface area contributed by atoms with Gasteiger partial charge in [-0.2, -0.15) is 0 Å². The number of carboxylic acids is 1. The number of amides is 2. The normalized spacial score (nSPS) is 20.2. The Morgan fingerprint density at radius 1 is 1.27 bits per heavy atom. The van der Waals surface area contributed by atoms with Crippen molar-refractivity contribution in [1.82, 2.24) is 10.6 Å². The van der Waals surface area contributed by atoms with E-state index in [1.165, 1.54) is 0 Å². The number of carbonyl (C=O) groups is 3. The second-order valence-corrected chi connectivity index (χ2v) is 7.54. The van der Waals surface area contributed by atoms with Crippen LogP contribution in [0.25, 0.3) is 0 Å². The third-order valence-electron chi connectivity index (χ3n) is 3.95. The van der Waals surface area contributed by atoms with E-state index in [0.717, 1.165) is 0 Å². The molecule has 1 heterocycles. The summed E-state index contributed by atoms with van der Waals surface area (Å²) in [6, 6.07) is -3.02. The SMILES string of the molecule is CC(C)C[C@H](NC(=O)[C@@H](N)C(C)C)C(=O)NC(C(=O)O)C1CC(Cl)=NO1. The zero-order chi connectivity index (χ0) is 20.0. The van der Waals surface area contributed by atoms with Gasteiger partial charge in [0, 0.05) is 6.42 Å². The van der Waals surface area contributed by atoms with Crippen LogP contribution in [0.4, 0.5) is 0 Å². The minimum atomic E-state index is -1.34. The Bertz CT molecular complexity index is 567. The van der Waals surface area contributed by atoms with Crippen molar-refractivity contribution in [3.63, 3.8) is 0 Å². The summed E-state index contributed by atoms with van der Waals surface area (Å²) in [5.41, 5.74) is 5.82. The number of nitrogens with two attached hydrogens (primary N) is 1. The highest BCUT2D eigenvalue weighted by Crippen LogP contribution is 2.17. The minimum absolute atomic E-state index is 0.0816. The summed E-state index contributed by atoms with van der Waals surface area (Å²) >= 11 is 5.71. The first kappa shape index (κ1) is 22.2. The fourth-order valence-electron chi connectivity index (χ4n) is 2.39. The molecule has 148 valence electrons. The molecule has 1 rings (SSSR count). The fourth-order valence-corrected chi connectivity index (χ4v) is 2.58. The summed E-state index contributed by atoms with van der Waals surface area (Å²) in [5, 5.41) is 18.0. The molecule has 0 fully saturated rings. The van der Waals surface area contributed by atoms with Crippen LogP contribution in [0.2, 0.25) is 0 Å². The van der Waals surface area contributed by atoms with Crippen LogP contribution in [0.15, 0.2) is 5.16 Å². The molecule has 26 heavy (non-hydrogen) atoms. The zero-order valence-electron chi connectivity index (χ0n) is 15.4. The molecule has 1 aliphatic heterocycles. The number of hydrogen-bond donors (Lipinski definition) is 4. The maximum atomic E-state index is 12.6. The standard InChI is InChI=1S/C16H27ClN4O5/c1-7(2)5-9(19-15(23)12(18)8(3)4)14(22)20-13(16(24)25)10-6-11(17)21-26-10/h7-10,12-13H,5-6,18H2,1-4H3,(H,19,23)(H,20,22)(H,24,25)/t9-,10?,12-,13?/m0/s1. The van der Waals surface area contributed by atoms with Gasteiger partial charge in [0.05, 0.1) is 6.04 Å². The maximum Gasteiger partial charge on any atom is 0.330 e. The molecule has 0 saturated carbocycles. The van der Waals surface area contributed by atoms with Gasteiger partial charge in [0.2, 0.25) is 11.8 Å². The Morgan fingerprint density at radius 3 is 2.31 bits per heavy atom. The summed E-state index contributed by atoms with van der Waals surface area (Å²) in [6.45, 7) is 7.36. The Hall–Kier alpha value is -1.87. The van der Waals surface area contributed by atoms with Crippen LogP contribution in [0.5, 0.6) is 0 Å². The van der Waals surface area contributed by atoms with E-state index in [-0.39, 0.29) is 23.4 Å². The Balaban J connectivity index is 2.83. The Kier molecular flexibility index (Phi) is 8.29. The third-order valence-corrected chi connectivity index (χ3v) is 4.18. The minimum Gasteiger partial charge on any atom is -0.480 e. The monoisotopic (exact) mass is 390 g/mol. The van der Waals surface area contributed by atoms with E-state index < -0.39 is 42.0 Å². The highest BCUT2D eigenvalue weighted by atomic mass is 35.5. The number of carboxylic acid groups (broad SMARTS) is 1. The van der Waals surface area contributed by atoms with Gasteiger partial charge in [-0.3, -0.25) is 9.59 Å². The van der Waals surface area contributed by atoms with Crippen molar-refractivity contribution < 1.29 is 24.3 Å². The molecule has 0 saturated heterocycles. The van der Waals surface area contributed by atoms with Crippen molar-refractivity contribution in [2.75, 3.05) is 0 Å². The van der Waals surface area contributed by atoms with Gasteiger partial charge in [0.25, 0.3) is 0 Å². The van der Waals surface area contributed by atoms with Gasteiger partial charge in [0.15, 0.2) is 12.1 Å². The van der Waals surface area contributed by atoms with Crippen molar-refractivity contribution in [3.05, 3.63) is 0 Å². The van der Waals surface area contributed by atoms with Crippen LogP contribution in [-0.2, 0) is 19.2 Å². The third kappa shape index (κ3) is 6.45. The lowest BCUT2D eigenvalue weighted by molar-refractivity contribution is -0.146. The molecule has 5 N–H and O–H groups in total. The van der Waals surface area contributed by atoms with Gasteiger partial charge in [-0.15, -0.1) is 0 Å². The fraction of sp³-hybridized carbons (Fsp3) is 0.750. The first-order chi connectivity index (χ1) is 12.0. The van der Waals surface area contributed by atoms with E-state index in [1.54, 1.807) is 13.8 Å². The molecule has 0 aromatic heterocycles. The highest BCUT2D eigenvalue weighted by Gasteiger charge is 2.37. The average molecular weight is 391 g/mol. The first-order valence-corrected chi connectivity index (χ1v) is 8.88. The number of carbonyl (C=O) groups excluding carboxylic acids is 2.